The van der Waals surface area contributed by atoms with Crippen LogP contribution in [0.15, 0.2) is 30.3 Å². The van der Waals surface area contributed by atoms with E-state index in [0.29, 0.717) is 4.88 Å². The number of para-hydroxylation sites is 1. The van der Waals surface area contributed by atoms with Crippen LogP contribution in [-0.2, 0) is 7.05 Å². The van der Waals surface area contributed by atoms with E-state index in [1.165, 1.54) is 11.3 Å². The molecule has 23 heavy (non-hydrogen) atoms. The van der Waals surface area contributed by atoms with Crippen LogP contribution in [0.25, 0.3) is 10.2 Å². The van der Waals surface area contributed by atoms with Gasteiger partial charge >= 0.3 is 0 Å². The number of nitrogens with zero attached hydrogens (tertiary/aromatic N) is 2. The smallest absolute Gasteiger partial charge is 0.261 e. The Kier molecular flexibility index (Phi) is 4.09. The van der Waals surface area contributed by atoms with E-state index >= 15 is 0 Å². The van der Waals surface area contributed by atoms with Crippen LogP contribution in [0.3, 0.4) is 0 Å². The molecule has 0 aliphatic heterocycles. The number of aryl methyl sites for hydroxylation is 2. The van der Waals surface area contributed by atoms with E-state index in [1.807, 2.05) is 55.9 Å². The van der Waals surface area contributed by atoms with Crippen LogP contribution >= 0.6 is 11.3 Å². The summed E-state index contributed by atoms with van der Waals surface area (Å²) in [6.45, 7) is 3.91. The van der Waals surface area contributed by atoms with E-state index in [0.717, 1.165) is 27.2 Å². The van der Waals surface area contributed by atoms with Gasteiger partial charge in [-0.15, -0.1) is 11.3 Å². The molecule has 0 spiro atoms. The van der Waals surface area contributed by atoms with Crippen molar-refractivity contribution < 1.29 is 9.53 Å². The van der Waals surface area contributed by atoms with Gasteiger partial charge in [-0.05, 0) is 26.0 Å². The summed E-state index contributed by atoms with van der Waals surface area (Å²) in [4.78, 5) is 14.3. The summed E-state index contributed by atoms with van der Waals surface area (Å²) in [5.74, 6) is 0.695. The average molecular weight is 329 g/mol. The molecule has 0 saturated heterocycles. The first-order chi connectivity index (χ1) is 11.0. The van der Waals surface area contributed by atoms with Crippen molar-refractivity contribution in [3.05, 3.63) is 46.5 Å². The van der Waals surface area contributed by atoms with Crippen LogP contribution in [0.4, 0.5) is 0 Å². The lowest BCUT2D eigenvalue weighted by molar-refractivity contribution is 0.0943. The van der Waals surface area contributed by atoms with Gasteiger partial charge in [0.25, 0.3) is 5.91 Å². The van der Waals surface area contributed by atoms with Crippen LogP contribution in [-0.4, -0.2) is 22.8 Å². The molecular formula is C17H19N3O2S. The maximum Gasteiger partial charge on any atom is 0.261 e. The summed E-state index contributed by atoms with van der Waals surface area (Å²) >= 11 is 1.46. The second-order valence-corrected chi connectivity index (χ2v) is 6.51. The van der Waals surface area contributed by atoms with Gasteiger partial charge in [-0.2, -0.15) is 5.10 Å². The Morgan fingerprint density at radius 3 is 2.83 bits per heavy atom. The SMILES string of the molecule is COc1ccccc1C(C)NC(=O)c1cc2c(C)nn(C)c2s1. The topological polar surface area (TPSA) is 56.1 Å². The quantitative estimate of drug-likeness (QED) is 0.798. The highest BCUT2D eigenvalue weighted by atomic mass is 32.1. The first-order valence-corrected chi connectivity index (χ1v) is 8.20. The Morgan fingerprint density at radius 2 is 2.13 bits per heavy atom. The first-order valence-electron chi connectivity index (χ1n) is 7.38. The molecule has 0 aliphatic carbocycles. The molecule has 1 atom stereocenters. The minimum atomic E-state index is -0.136. The van der Waals surface area contributed by atoms with Crippen LogP contribution in [0.5, 0.6) is 5.75 Å². The van der Waals surface area contributed by atoms with E-state index in [1.54, 1.807) is 7.11 Å². The largest absolute Gasteiger partial charge is 0.496 e. The Bertz CT molecular complexity index is 831. The van der Waals surface area contributed by atoms with Crippen LogP contribution in [0.2, 0.25) is 0 Å². The Morgan fingerprint density at radius 1 is 1.39 bits per heavy atom. The van der Waals surface area contributed by atoms with Gasteiger partial charge in [-0.3, -0.25) is 9.48 Å². The van der Waals surface area contributed by atoms with E-state index in [4.69, 9.17) is 4.74 Å². The van der Waals surface area contributed by atoms with Crippen molar-refractivity contribution in [2.45, 2.75) is 19.9 Å². The molecule has 5 nitrogen and oxygen atoms in total. The zero-order valence-electron chi connectivity index (χ0n) is 13.6. The van der Waals surface area contributed by atoms with Crippen molar-refractivity contribution in [1.29, 1.82) is 0 Å². The van der Waals surface area contributed by atoms with Crippen molar-refractivity contribution in [3.63, 3.8) is 0 Å². The summed E-state index contributed by atoms with van der Waals surface area (Å²) in [5.41, 5.74) is 1.90. The predicted octanol–water partition coefficient (Wildman–Crippen LogP) is 3.44. The van der Waals surface area contributed by atoms with Gasteiger partial charge in [0.15, 0.2) is 0 Å². The third-order valence-corrected chi connectivity index (χ3v) is 5.07. The normalized spacial score (nSPS) is 12.3. The highest BCUT2D eigenvalue weighted by Crippen LogP contribution is 2.29. The zero-order chi connectivity index (χ0) is 16.6. The maximum atomic E-state index is 12.5. The highest BCUT2D eigenvalue weighted by molar-refractivity contribution is 7.20. The van der Waals surface area contributed by atoms with Crippen molar-refractivity contribution in [2.75, 3.05) is 7.11 Å². The van der Waals surface area contributed by atoms with Gasteiger partial charge in [-0.1, -0.05) is 18.2 Å². The second kappa shape index (κ2) is 6.04. The molecule has 0 saturated carbocycles. The molecule has 120 valence electrons. The predicted molar refractivity (Wildman–Crippen MR) is 92.2 cm³/mol. The maximum absolute atomic E-state index is 12.5. The van der Waals surface area contributed by atoms with Crippen molar-refractivity contribution in [2.24, 2.45) is 7.05 Å². The van der Waals surface area contributed by atoms with E-state index in [9.17, 15) is 4.79 Å². The molecular weight excluding hydrogens is 310 g/mol. The Labute approximate surface area is 138 Å². The fourth-order valence-electron chi connectivity index (χ4n) is 2.69. The number of nitrogens with one attached hydrogen (secondary N) is 1. The number of thiophene rings is 1. The third-order valence-electron chi connectivity index (χ3n) is 3.87. The minimum absolute atomic E-state index is 0.0796. The molecule has 0 bridgehead atoms. The molecule has 0 radical (unpaired) electrons. The lowest BCUT2D eigenvalue weighted by Crippen LogP contribution is -2.26. The highest BCUT2D eigenvalue weighted by Gasteiger charge is 2.18. The summed E-state index contributed by atoms with van der Waals surface area (Å²) < 4.78 is 7.18. The van der Waals surface area contributed by atoms with Gasteiger partial charge < -0.3 is 10.1 Å². The summed E-state index contributed by atoms with van der Waals surface area (Å²) in [7, 11) is 3.53. The summed E-state index contributed by atoms with van der Waals surface area (Å²) in [6.07, 6.45) is 0. The monoisotopic (exact) mass is 329 g/mol. The molecule has 3 rings (SSSR count). The number of amides is 1. The number of aromatic nitrogens is 2. The average Bonchev–Trinajstić information content (AvgIpc) is 3.09. The number of ether oxygens (including phenoxy) is 1. The van der Waals surface area contributed by atoms with Gasteiger partial charge in [0, 0.05) is 18.0 Å². The fourth-order valence-corrected chi connectivity index (χ4v) is 3.71. The van der Waals surface area contributed by atoms with E-state index in [2.05, 4.69) is 10.4 Å². The summed E-state index contributed by atoms with van der Waals surface area (Å²) in [6, 6.07) is 9.48. The first kappa shape index (κ1) is 15.6. The molecule has 0 fully saturated rings. The number of fused-ring (bicyclic) bond motifs is 1. The number of carbonyl (C=O) groups is 1. The van der Waals surface area contributed by atoms with Crippen LogP contribution in [0, 0.1) is 6.92 Å². The van der Waals surface area contributed by atoms with E-state index in [-0.39, 0.29) is 11.9 Å². The van der Waals surface area contributed by atoms with Gasteiger partial charge in [0.2, 0.25) is 0 Å². The Hall–Kier alpha value is -2.34. The molecule has 1 aromatic carbocycles. The number of hydrogen-bond donors (Lipinski definition) is 1. The molecule has 2 aromatic heterocycles. The fraction of sp³-hybridized carbons (Fsp3) is 0.294. The molecule has 0 aliphatic rings. The molecule has 3 aromatic rings. The number of carbonyl (C=O) groups excluding carboxylic acids is 1. The van der Waals surface area contributed by atoms with Crippen molar-refractivity contribution in [1.82, 2.24) is 15.1 Å². The van der Waals surface area contributed by atoms with Crippen LogP contribution in [0.1, 0.15) is 33.9 Å². The number of rotatable bonds is 4. The minimum Gasteiger partial charge on any atom is -0.496 e. The van der Waals surface area contributed by atoms with Crippen molar-refractivity contribution in [3.8, 4) is 5.75 Å². The molecule has 2 heterocycles. The number of hydrogen-bond acceptors (Lipinski definition) is 4. The molecule has 1 unspecified atom stereocenters. The number of methoxy groups -OCH3 is 1. The standard InChI is InChI=1S/C17H19N3O2S/c1-10(12-7-5-6-8-14(12)22-4)18-16(21)15-9-13-11(2)19-20(3)17(13)23-15/h5-10H,1-4H3,(H,18,21). The molecule has 1 N–H and O–H groups in total. The van der Waals surface area contributed by atoms with Gasteiger partial charge in [-0.25, -0.2) is 0 Å². The molecule has 6 heteroatoms. The Balaban J connectivity index is 1.83. The second-order valence-electron chi connectivity index (χ2n) is 5.48. The van der Waals surface area contributed by atoms with E-state index < -0.39 is 0 Å². The zero-order valence-corrected chi connectivity index (χ0v) is 14.4. The van der Waals surface area contributed by atoms with Gasteiger partial charge in [0.1, 0.15) is 10.6 Å². The van der Waals surface area contributed by atoms with Crippen LogP contribution < -0.4 is 10.1 Å². The lowest BCUT2D eigenvalue weighted by atomic mass is 10.1. The summed E-state index contributed by atoms with van der Waals surface area (Å²) in [5, 5.41) is 8.43. The van der Waals surface area contributed by atoms with Crippen molar-refractivity contribution >= 4 is 27.5 Å². The number of benzene rings is 1. The lowest BCUT2D eigenvalue weighted by Gasteiger charge is -2.16. The molecule has 1 amide bonds. The third kappa shape index (κ3) is 2.82. The van der Waals surface area contributed by atoms with Gasteiger partial charge in [0.05, 0.1) is 23.7 Å².